The van der Waals surface area contributed by atoms with Gasteiger partial charge in [-0.2, -0.15) is 0 Å². The molecule has 2 heterocycles. The lowest BCUT2D eigenvalue weighted by molar-refractivity contribution is 0.674. The van der Waals surface area contributed by atoms with E-state index >= 15 is 0 Å². The molecule has 13 heavy (non-hydrogen) atoms. The largest absolute Gasteiger partial charge is 0.313 e. The van der Waals surface area contributed by atoms with Crippen LogP contribution in [-0.2, 0) is 0 Å². The Bertz CT molecular complexity index is 222. The maximum absolute atomic E-state index is 4.23. The number of thioether (sulfide) groups is 1. The molecule has 1 atom stereocenters. The molecule has 2 rings (SSSR count). The molecule has 1 aliphatic rings. The van der Waals surface area contributed by atoms with Crippen LogP contribution in [0, 0.1) is 0 Å². The zero-order chi connectivity index (χ0) is 8.23. The van der Waals surface area contributed by atoms with E-state index in [4.69, 9.17) is 0 Å². The molecule has 1 aromatic heterocycles. The van der Waals surface area contributed by atoms with Crippen molar-refractivity contribution < 1.29 is 0 Å². The van der Waals surface area contributed by atoms with Crippen LogP contribution in [0.3, 0.4) is 0 Å². The maximum Gasteiger partial charge on any atom is 0.149 e. The van der Waals surface area contributed by atoms with Gasteiger partial charge in [0.05, 0.1) is 0 Å². The molecule has 1 aromatic rings. The first-order valence-corrected chi connectivity index (χ1v) is 6.07. The smallest absolute Gasteiger partial charge is 0.149 e. The summed E-state index contributed by atoms with van der Waals surface area (Å²) in [4.78, 5) is 4.23. The van der Waals surface area contributed by atoms with Crippen LogP contribution in [0.2, 0.25) is 0 Å². The second kappa shape index (κ2) is 5.86. The SMILES string of the molecule is Cl.c1csc(SCC2CCCN2)n1. The van der Waals surface area contributed by atoms with Gasteiger partial charge in [0.1, 0.15) is 4.34 Å². The highest BCUT2D eigenvalue weighted by Gasteiger charge is 2.14. The second-order valence-electron chi connectivity index (χ2n) is 2.90. The molecule has 0 aromatic carbocycles. The number of aromatic nitrogens is 1. The Morgan fingerprint density at radius 1 is 1.69 bits per heavy atom. The molecule has 0 spiro atoms. The van der Waals surface area contributed by atoms with E-state index in [-0.39, 0.29) is 12.4 Å². The molecule has 1 N–H and O–H groups in total. The molecule has 1 unspecified atom stereocenters. The van der Waals surface area contributed by atoms with Crippen LogP contribution in [0.5, 0.6) is 0 Å². The number of halogens is 1. The molecule has 5 heteroatoms. The van der Waals surface area contributed by atoms with E-state index in [0.717, 1.165) is 6.04 Å². The van der Waals surface area contributed by atoms with Crippen LogP contribution in [0.4, 0.5) is 0 Å². The van der Waals surface area contributed by atoms with Crippen molar-refractivity contribution >= 4 is 35.5 Å². The van der Waals surface area contributed by atoms with E-state index in [1.54, 1.807) is 11.3 Å². The molecule has 0 radical (unpaired) electrons. The molecule has 0 bridgehead atoms. The van der Waals surface area contributed by atoms with Crippen molar-refractivity contribution in [1.82, 2.24) is 10.3 Å². The van der Waals surface area contributed by atoms with Gasteiger partial charge in [0.2, 0.25) is 0 Å². The number of thiazole rings is 1. The van der Waals surface area contributed by atoms with E-state index in [9.17, 15) is 0 Å². The standard InChI is InChI=1S/C8H12N2S2.ClH/c1-2-7(9-3-1)6-12-8-10-4-5-11-8;/h4-5,7,9H,1-3,6H2;1H. The third kappa shape index (κ3) is 3.46. The Balaban J connectivity index is 0.000000845. The van der Waals surface area contributed by atoms with Crippen molar-refractivity contribution in [2.45, 2.75) is 23.2 Å². The molecular weight excluding hydrogens is 224 g/mol. The van der Waals surface area contributed by atoms with Crippen molar-refractivity contribution in [3.8, 4) is 0 Å². The molecular formula is C8H13ClN2S2. The first-order chi connectivity index (χ1) is 5.95. The van der Waals surface area contributed by atoms with Gasteiger partial charge >= 0.3 is 0 Å². The summed E-state index contributed by atoms with van der Waals surface area (Å²) in [5, 5.41) is 5.51. The van der Waals surface area contributed by atoms with Crippen LogP contribution in [0.25, 0.3) is 0 Å². The Morgan fingerprint density at radius 2 is 2.62 bits per heavy atom. The third-order valence-corrected chi connectivity index (χ3v) is 4.11. The lowest BCUT2D eigenvalue weighted by Crippen LogP contribution is -2.23. The Hall–Kier alpha value is 0.230. The quantitative estimate of drug-likeness (QED) is 0.816. The van der Waals surface area contributed by atoms with E-state index in [0.29, 0.717) is 0 Å². The topological polar surface area (TPSA) is 24.9 Å². The fraction of sp³-hybridized carbons (Fsp3) is 0.625. The minimum Gasteiger partial charge on any atom is -0.313 e. The molecule has 2 nitrogen and oxygen atoms in total. The average molecular weight is 237 g/mol. The summed E-state index contributed by atoms with van der Waals surface area (Å²) in [6.45, 7) is 1.20. The predicted molar refractivity (Wildman–Crippen MR) is 61.1 cm³/mol. The van der Waals surface area contributed by atoms with Gasteiger partial charge in [-0.15, -0.1) is 23.7 Å². The van der Waals surface area contributed by atoms with E-state index in [1.807, 2.05) is 23.3 Å². The third-order valence-electron chi connectivity index (χ3n) is 1.98. The van der Waals surface area contributed by atoms with Gasteiger partial charge in [-0.25, -0.2) is 4.98 Å². The molecule has 0 aliphatic carbocycles. The number of nitrogens with one attached hydrogen (secondary N) is 1. The number of hydrogen-bond acceptors (Lipinski definition) is 4. The predicted octanol–water partition coefficient (Wildman–Crippen LogP) is 2.41. The molecule has 0 saturated carbocycles. The number of hydrogen-bond donors (Lipinski definition) is 1. The zero-order valence-electron chi connectivity index (χ0n) is 7.23. The molecule has 1 fully saturated rings. The summed E-state index contributed by atoms with van der Waals surface area (Å²) in [5.41, 5.74) is 0. The van der Waals surface area contributed by atoms with Gasteiger partial charge in [0.25, 0.3) is 0 Å². The van der Waals surface area contributed by atoms with Crippen LogP contribution in [0.15, 0.2) is 15.9 Å². The maximum atomic E-state index is 4.23. The minimum absolute atomic E-state index is 0. The number of rotatable bonds is 3. The van der Waals surface area contributed by atoms with Gasteiger partial charge in [-0.1, -0.05) is 11.8 Å². The molecule has 1 saturated heterocycles. The Morgan fingerprint density at radius 3 is 3.23 bits per heavy atom. The van der Waals surface area contributed by atoms with Crippen molar-refractivity contribution in [1.29, 1.82) is 0 Å². The van der Waals surface area contributed by atoms with Gasteiger partial charge in [-0.3, -0.25) is 0 Å². The lowest BCUT2D eigenvalue weighted by Gasteiger charge is -2.06. The highest BCUT2D eigenvalue weighted by atomic mass is 35.5. The van der Waals surface area contributed by atoms with Crippen LogP contribution < -0.4 is 5.32 Å². The van der Waals surface area contributed by atoms with Crippen LogP contribution in [-0.4, -0.2) is 23.3 Å². The summed E-state index contributed by atoms with van der Waals surface area (Å²) >= 11 is 3.60. The molecule has 1 aliphatic heterocycles. The fourth-order valence-electron chi connectivity index (χ4n) is 1.35. The number of nitrogens with zero attached hydrogens (tertiary/aromatic N) is 1. The summed E-state index contributed by atoms with van der Waals surface area (Å²) in [6, 6.07) is 0.721. The molecule has 0 amide bonds. The lowest BCUT2D eigenvalue weighted by atomic mass is 10.3. The first-order valence-electron chi connectivity index (χ1n) is 4.21. The van der Waals surface area contributed by atoms with Crippen molar-refractivity contribution in [2.24, 2.45) is 0 Å². The summed E-state index contributed by atoms with van der Waals surface area (Å²) in [6.07, 6.45) is 4.54. The van der Waals surface area contributed by atoms with Gasteiger partial charge in [0.15, 0.2) is 0 Å². The Labute approximate surface area is 92.9 Å². The highest BCUT2D eigenvalue weighted by molar-refractivity contribution is 8.01. The van der Waals surface area contributed by atoms with Crippen LogP contribution >= 0.6 is 35.5 Å². The van der Waals surface area contributed by atoms with E-state index < -0.39 is 0 Å². The molecule has 74 valence electrons. The zero-order valence-corrected chi connectivity index (χ0v) is 9.68. The van der Waals surface area contributed by atoms with Gasteiger partial charge in [-0.05, 0) is 19.4 Å². The summed E-state index contributed by atoms with van der Waals surface area (Å²) < 4.78 is 1.20. The normalized spacial score (nSPS) is 21.4. The fourth-order valence-corrected chi connectivity index (χ4v) is 3.12. The van der Waals surface area contributed by atoms with Crippen molar-refractivity contribution in [3.63, 3.8) is 0 Å². The monoisotopic (exact) mass is 236 g/mol. The van der Waals surface area contributed by atoms with Crippen molar-refractivity contribution in [3.05, 3.63) is 11.6 Å². The Kier molecular flexibility index (Phi) is 5.09. The van der Waals surface area contributed by atoms with Gasteiger partial charge < -0.3 is 5.32 Å². The van der Waals surface area contributed by atoms with Gasteiger partial charge in [0, 0.05) is 23.4 Å². The van der Waals surface area contributed by atoms with E-state index in [1.165, 1.54) is 29.5 Å². The summed E-state index contributed by atoms with van der Waals surface area (Å²) in [7, 11) is 0. The second-order valence-corrected chi connectivity index (χ2v) is 5.06. The van der Waals surface area contributed by atoms with Crippen molar-refractivity contribution in [2.75, 3.05) is 12.3 Å². The van der Waals surface area contributed by atoms with Crippen LogP contribution in [0.1, 0.15) is 12.8 Å². The minimum atomic E-state index is 0. The summed E-state index contributed by atoms with van der Waals surface area (Å²) in [5.74, 6) is 1.17. The highest BCUT2D eigenvalue weighted by Crippen LogP contribution is 2.22. The van der Waals surface area contributed by atoms with E-state index in [2.05, 4.69) is 10.3 Å². The first kappa shape index (κ1) is 11.3. The average Bonchev–Trinajstić information content (AvgIpc) is 2.74.